The number of carbonyl (C=O) groups is 1. The van der Waals surface area contributed by atoms with E-state index in [2.05, 4.69) is 19.1 Å². The van der Waals surface area contributed by atoms with Crippen molar-refractivity contribution in [1.82, 2.24) is 0 Å². The molecule has 4 nitrogen and oxygen atoms in total. The summed E-state index contributed by atoms with van der Waals surface area (Å²) in [5.41, 5.74) is 3.96. The Labute approximate surface area is 141 Å². The number of esters is 1. The molecule has 0 saturated heterocycles. The molecule has 0 unspecified atom stereocenters. The van der Waals surface area contributed by atoms with Crippen LogP contribution in [0.5, 0.6) is 5.75 Å². The molecule has 0 fully saturated rings. The maximum absolute atomic E-state index is 11.3. The Bertz CT molecular complexity index is 859. The summed E-state index contributed by atoms with van der Waals surface area (Å²) in [6.45, 7) is 2.05. The number of hydrogen-bond donors (Lipinski definition) is 0. The molecule has 1 aromatic heterocycles. The van der Waals surface area contributed by atoms with Crippen molar-refractivity contribution in [3.63, 3.8) is 0 Å². The van der Waals surface area contributed by atoms with Gasteiger partial charge in [0.25, 0.3) is 0 Å². The zero-order chi connectivity index (χ0) is 17.1. The van der Waals surface area contributed by atoms with E-state index in [-0.39, 0.29) is 5.97 Å². The summed E-state index contributed by atoms with van der Waals surface area (Å²) in [7, 11) is 3.02. The first-order valence-corrected chi connectivity index (χ1v) is 7.85. The van der Waals surface area contributed by atoms with Crippen molar-refractivity contribution in [2.24, 2.45) is 0 Å². The first-order chi connectivity index (χ1) is 11.6. The zero-order valence-electron chi connectivity index (χ0n) is 14.1. The van der Waals surface area contributed by atoms with Crippen LogP contribution in [0.25, 0.3) is 22.3 Å². The molecule has 0 N–H and O–H groups in total. The fourth-order valence-electron chi connectivity index (χ4n) is 2.68. The van der Waals surface area contributed by atoms with Crippen LogP contribution in [0.4, 0.5) is 0 Å². The number of methoxy groups -OCH3 is 2. The highest BCUT2D eigenvalue weighted by Gasteiger charge is 2.13. The van der Waals surface area contributed by atoms with Gasteiger partial charge in [-0.3, -0.25) is 4.79 Å². The second kappa shape index (κ2) is 6.79. The molecule has 3 rings (SSSR count). The molecule has 2 aromatic carbocycles. The number of rotatable bonds is 5. The fourth-order valence-corrected chi connectivity index (χ4v) is 2.68. The van der Waals surface area contributed by atoms with Gasteiger partial charge in [0.05, 0.1) is 14.2 Å². The predicted molar refractivity (Wildman–Crippen MR) is 93.3 cm³/mol. The Hall–Kier alpha value is -2.75. The first kappa shape index (κ1) is 16.1. The Morgan fingerprint density at radius 2 is 1.83 bits per heavy atom. The number of fused-ring (bicyclic) bond motifs is 1. The maximum Gasteiger partial charge on any atom is 0.305 e. The van der Waals surface area contributed by atoms with Gasteiger partial charge in [-0.2, -0.15) is 0 Å². The molecule has 0 amide bonds. The average molecular weight is 324 g/mol. The largest absolute Gasteiger partial charge is 0.493 e. The number of furan rings is 1. The molecule has 1 heterocycles. The molecule has 0 aliphatic carbocycles. The third kappa shape index (κ3) is 3.27. The summed E-state index contributed by atoms with van der Waals surface area (Å²) in [5, 5.41) is 0.963. The number of benzene rings is 2. The summed E-state index contributed by atoms with van der Waals surface area (Å²) in [4.78, 5) is 11.3. The second-order valence-electron chi connectivity index (χ2n) is 5.77. The summed E-state index contributed by atoms with van der Waals surface area (Å²) >= 11 is 0. The van der Waals surface area contributed by atoms with Crippen LogP contribution in [0, 0.1) is 6.92 Å². The van der Waals surface area contributed by atoms with Crippen molar-refractivity contribution in [3.8, 4) is 17.1 Å². The van der Waals surface area contributed by atoms with E-state index in [0.717, 1.165) is 27.9 Å². The molecule has 3 aromatic rings. The van der Waals surface area contributed by atoms with Crippen LogP contribution >= 0.6 is 0 Å². The van der Waals surface area contributed by atoms with Crippen molar-refractivity contribution >= 4 is 16.9 Å². The molecule has 0 aliphatic rings. The SMILES string of the molecule is COC(=O)CCc1cc(OC)c2oc(-c3ccc(C)cc3)cc2c1. The molecule has 0 aliphatic heterocycles. The number of aryl methyl sites for hydroxylation is 2. The average Bonchev–Trinajstić information content (AvgIpc) is 3.03. The van der Waals surface area contributed by atoms with E-state index in [1.165, 1.54) is 12.7 Å². The topological polar surface area (TPSA) is 48.7 Å². The monoisotopic (exact) mass is 324 g/mol. The van der Waals surface area contributed by atoms with Gasteiger partial charge in [0.1, 0.15) is 5.76 Å². The molecule has 124 valence electrons. The van der Waals surface area contributed by atoms with E-state index in [1.807, 2.05) is 30.3 Å². The van der Waals surface area contributed by atoms with E-state index in [1.54, 1.807) is 7.11 Å². The van der Waals surface area contributed by atoms with Crippen LogP contribution in [0.3, 0.4) is 0 Å². The molecule has 0 atom stereocenters. The quantitative estimate of drug-likeness (QED) is 0.647. The number of hydrogen-bond acceptors (Lipinski definition) is 4. The maximum atomic E-state index is 11.3. The Kier molecular flexibility index (Phi) is 4.56. The van der Waals surface area contributed by atoms with Gasteiger partial charge in [0, 0.05) is 17.4 Å². The van der Waals surface area contributed by atoms with Gasteiger partial charge < -0.3 is 13.9 Å². The third-order valence-corrected chi connectivity index (χ3v) is 4.04. The summed E-state index contributed by atoms with van der Waals surface area (Å²) in [6.07, 6.45) is 0.942. The van der Waals surface area contributed by atoms with Gasteiger partial charge in [0.15, 0.2) is 11.3 Å². The molecule has 4 heteroatoms. The van der Waals surface area contributed by atoms with Gasteiger partial charge >= 0.3 is 5.97 Å². The lowest BCUT2D eigenvalue weighted by Gasteiger charge is -2.05. The van der Waals surface area contributed by atoms with Gasteiger partial charge in [-0.05, 0) is 37.1 Å². The van der Waals surface area contributed by atoms with E-state index >= 15 is 0 Å². The molecule has 0 saturated carbocycles. The number of carbonyl (C=O) groups excluding carboxylic acids is 1. The highest BCUT2D eigenvalue weighted by Crippen LogP contribution is 2.35. The molecule has 0 radical (unpaired) electrons. The number of ether oxygens (including phenoxy) is 2. The minimum Gasteiger partial charge on any atom is -0.493 e. The van der Waals surface area contributed by atoms with Crippen LogP contribution in [0.15, 0.2) is 46.9 Å². The first-order valence-electron chi connectivity index (χ1n) is 7.85. The molecule has 0 bridgehead atoms. The van der Waals surface area contributed by atoms with E-state index in [4.69, 9.17) is 13.9 Å². The van der Waals surface area contributed by atoms with Crippen LogP contribution in [-0.4, -0.2) is 20.2 Å². The smallest absolute Gasteiger partial charge is 0.305 e. The summed E-state index contributed by atoms with van der Waals surface area (Å²) < 4.78 is 16.2. The van der Waals surface area contributed by atoms with Gasteiger partial charge in [-0.1, -0.05) is 29.8 Å². The van der Waals surface area contributed by atoms with Crippen LogP contribution in [-0.2, 0) is 16.0 Å². The lowest BCUT2D eigenvalue weighted by Crippen LogP contribution is -2.02. The zero-order valence-corrected chi connectivity index (χ0v) is 14.1. The normalized spacial score (nSPS) is 10.8. The van der Waals surface area contributed by atoms with Crippen molar-refractivity contribution < 1.29 is 18.7 Å². The van der Waals surface area contributed by atoms with Crippen LogP contribution in [0.1, 0.15) is 17.5 Å². The summed E-state index contributed by atoms with van der Waals surface area (Å²) in [6, 6.07) is 14.1. The Morgan fingerprint density at radius 1 is 1.08 bits per heavy atom. The van der Waals surface area contributed by atoms with E-state index in [0.29, 0.717) is 18.6 Å². The van der Waals surface area contributed by atoms with E-state index < -0.39 is 0 Å². The van der Waals surface area contributed by atoms with Crippen molar-refractivity contribution in [2.45, 2.75) is 19.8 Å². The van der Waals surface area contributed by atoms with Crippen molar-refractivity contribution in [2.75, 3.05) is 14.2 Å². The molecular formula is C20H20O4. The fraction of sp³-hybridized carbons (Fsp3) is 0.250. The lowest BCUT2D eigenvalue weighted by molar-refractivity contribution is -0.140. The van der Waals surface area contributed by atoms with Gasteiger partial charge in [-0.15, -0.1) is 0 Å². The van der Waals surface area contributed by atoms with Crippen LogP contribution < -0.4 is 4.74 Å². The third-order valence-electron chi connectivity index (χ3n) is 4.04. The molecule has 0 spiro atoms. The molecular weight excluding hydrogens is 304 g/mol. The highest BCUT2D eigenvalue weighted by atomic mass is 16.5. The predicted octanol–water partition coefficient (Wildman–Crippen LogP) is 4.52. The van der Waals surface area contributed by atoms with Gasteiger partial charge in [-0.25, -0.2) is 0 Å². The van der Waals surface area contributed by atoms with Gasteiger partial charge in [0.2, 0.25) is 0 Å². The Balaban J connectivity index is 1.98. The second-order valence-corrected chi connectivity index (χ2v) is 5.77. The summed E-state index contributed by atoms with van der Waals surface area (Å²) in [5.74, 6) is 1.25. The molecule has 24 heavy (non-hydrogen) atoms. The minimum absolute atomic E-state index is 0.221. The Morgan fingerprint density at radius 3 is 2.50 bits per heavy atom. The van der Waals surface area contributed by atoms with Crippen LogP contribution in [0.2, 0.25) is 0 Å². The van der Waals surface area contributed by atoms with Crippen molar-refractivity contribution in [3.05, 3.63) is 53.6 Å². The highest BCUT2D eigenvalue weighted by molar-refractivity contribution is 5.88. The van der Waals surface area contributed by atoms with Crippen molar-refractivity contribution in [1.29, 1.82) is 0 Å². The van der Waals surface area contributed by atoms with E-state index in [9.17, 15) is 4.79 Å². The lowest BCUT2D eigenvalue weighted by atomic mass is 10.1. The standard InChI is InChI=1S/C20H20O4/c1-13-4-7-15(8-5-13)17-12-16-10-14(6-9-19(21)23-3)11-18(22-2)20(16)24-17/h4-5,7-8,10-12H,6,9H2,1-3H3. The minimum atomic E-state index is -0.221.